The van der Waals surface area contributed by atoms with Gasteiger partial charge in [-0.05, 0) is 46.5 Å². The van der Waals surface area contributed by atoms with E-state index in [0.717, 1.165) is 32.2 Å². The van der Waals surface area contributed by atoms with Crippen molar-refractivity contribution in [3.63, 3.8) is 0 Å². The van der Waals surface area contributed by atoms with Gasteiger partial charge in [0.15, 0.2) is 0 Å². The number of carbonyl (C=O) groups excluding carboxylic acids is 1. The van der Waals surface area contributed by atoms with Crippen LogP contribution in [-0.4, -0.2) is 42.0 Å². The third-order valence-corrected chi connectivity index (χ3v) is 6.83. The molecule has 5 N–H and O–H groups in total. The fraction of sp³-hybridized carbons (Fsp3) is 0.250. The quantitative estimate of drug-likeness (QED) is 0.327. The summed E-state index contributed by atoms with van der Waals surface area (Å²) in [6.07, 6.45) is 1.79. The summed E-state index contributed by atoms with van der Waals surface area (Å²) < 4.78 is 5.33. The number of hydrogen-bond donors (Lipinski definition) is 4. The summed E-state index contributed by atoms with van der Waals surface area (Å²) in [4.78, 5) is 17.6. The number of aliphatic hydroxyl groups is 1. The van der Waals surface area contributed by atoms with E-state index >= 15 is 0 Å². The van der Waals surface area contributed by atoms with E-state index in [1.807, 2.05) is 36.4 Å². The van der Waals surface area contributed by atoms with Crippen LogP contribution < -0.4 is 16.4 Å². The normalized spacial score (nSPS) is 14.8. The average molecular weight is 485 g/mol. The van der Waals surface area contributed by atoms with Crippen LogP contribution in [0.25, 0.3) is 11.1 Å². The maximum Gasteiger partial charge on any atom is 0.251 e. The number of benzene rings is 2. The van der Waals surface area contributed by atoms with Gasteiger partial charge in [0.05, 0.1) is 18.2 Å². The molecular weight excluding hydrogens is 460 g/mol. The zero-order valence-electron chi connectivity index (χ0n) is 17.9. The molecule has 0 spiro atoms. The van der Waals surface area contributed by atoms with Crippen molar-refractivity contribution in [2.45, 2.75) is 29.2 Å². The fourth-order valence-corrected chi connectivity index (χ4v) is 4.73. The Morgan fingerprint density at radius 1 is 1.24 bits per heavy atom. The monoisotopic (exact) mass is 484 g/mol. The van der Waals surface area contributed by atoms with Crippen LogP contribution in [0.2, 0.25) is 5.02 Å². The lowest BCUT2D eigenvalue weighted by Crippen LogP contribution is -2.26. The number of nitrogens with two attached hydrogens (primary N) is 1. The zero-order chi connectivity index (χ0) is 23.2. The molecule has 1 atom stereocenters. The van der Waals surface area contributed by atoms with Gasteiger partial charge in [-0.1, -0.05) is 47.6 Å². The first-order valence-corrected chi connectivity index (χ1v) is 11.8. The lowest BCUT2D eigenvalue weighted by atomic mass is 9.98. The lowest BCUT2D eigenvalue weighted by molar-refractivity contribution is 0.0945. The first kappa shape index (κ1) is 23.7. The van der Waals surface area contributed by atoms with E-state index in [0.29, 0.717) is 30.3 Å². The standard InChI is InChI=1S/C24H25ClN4O3S/c25-20-8-7-18(15-3-5-16(6-4-15)23(31)27-10-11-30)19(13-29-21-14-32-21)22(20)33-24-17(12-26)2-1-9-28-24/h1-9,21,29-30H,10-14,26H2,(H,27,31). The van der Waals surface area contributed by atoms with Gasteiger partial charge in [0, 0.05) is 36.3 Å². The summed E-state index contributed by atoms with van der Waals surface area (Å²) in [5, 5.41) is 16.4. The highest BCUT2D eigenvalue weighted by Crippen LogP contribution is 2.41. The minimum absolute atomic E-state index is 0.0433. The number of ether oxygens (including phenoxy) is 1. The highest BCUT2D eigenvalue weighted by Gasteiger charge is 2.24. The molecule has 0 saturated carbocycles. The van der Waals surface area contributed by atoms with Crippen molar-refractivity contribution in [2.75, 3.05) is 19.8 Å². The number of hydrogen-bond acceptors (Lipinski definition) is 7. The van der Waals surface area contributed by atoms with Crippen molar-refractivity contribution >= 4 is 29.3 Å². The molecule has 1 aromatic heterocycles. The summed E-state index contributed by atoms with van der Waals surface area (Å²) in [7, 11) is 0. The average Bonchev–Trinajstić information content (AvgIpc) is 3.68. The summed E-state index contributed by atoms with van der Waals surface area (Å²) in [6, 6.07) is 15.1. The Morgan fingerprint density at radius 2 is 2.03 bits per heavy atom. The highest BCUT2D eigenvalue weighted by atomic mass is 35.5. The Balaban J connectivity index is 1.70. The Labute approximate surface area is 201 Å². The lowest BCUT2D eigenvalue weighted by Gasteiger charge is -2.18. The van der Waals surface area contributed by atoms with E-state index in [1.165, 1.54) is 11.8 Å². The molecule has 172 valence electrons. The molecule has 33 heavy (non-hydrogen) atoms. The second-order valence-electron chi connectivity index (χ2n) is 7.44. The van der Waals surface area contributed by atoms with Crippen molar-refractivity contribution in [3.05, 3.63) is 76.4 Å². The Bertz CT molecular complexity index is 1120. The number of carbonyl (C=O) groups is 1. The predicted molar refractivity (Wildman–Crippen MR) is 129 cm³/mol. The Kier molecular flexibility index (Phi) is 7.97. The fourth-order valence-electron chi connectivity index (χ4n) is 3.38. The predicted octanol–water partition coefficient (Wildman–Crippen LogP) is 3.18. The van der Waals surface area contributed by atoms with E-state index in [9.17, 15) is 4.79 Å². The van der Waals surface area contributed by atoms with Crippen LogP contribution in [0.1, 0.15) is 21.5 Å². The number of nitrogens with zero attached hydrogens (tertiary/aromatic N) is 1. The summed E-state index contributed by atoms with van der Waals surface area (Å²) in [5.74, 6) is -0.222. The molecule has 4 rings (SSSR count). The van der Waals surface area contributed by atoms with Crippen LogP contribution in [0.15, 0.2) is 64.6 Å². The van der Waals surface area contributed by atoms with Gasteiger partial charge in [-0.3, -0.25) is 10.1 Å². The van der Waals surface area contributed by atoms with E-state index < -0.39 is 0 Å². The molecule has 0 aliphatic carbocycles. The van der Waals surface area contributed by atoms with Gasteiger partial charge >= 0.3 is 0 Å². The van der Waals surface area contributed by atoms with E-state index in [1.54, 1.807) is 18.3 Å². The number of pyridine rings is 1. The topological polar surface area (TPSA) is 113 Å². The first-order valence-electron chi connectivity index (χ1n) is 10.6. The third kappa shape index (κ3) is 5.92. The largest absolute Gasteiger partial charge is 0.395 e. The molecule has 1 saturated heterocycles. The maximum atomic E-state index is 12.2. The van der Waals surface area contributed by atoms with Crippen molar-refractivity contribution in [1.82, 2.24) is 15.6 Å². The third-order valence-electron chi connectivity index (χ3n) is 5.18. The smallest absolute Gasteiger partial charge is 0.251 e. The Morgan fingerprint density at radius 3 is 2.73 bits per heavy atom. The van der Waals surface area contributed by atoms with Crippen LogP contribution in [0.5, 0.6) is 0 Å². The van der Waals surface area contributed by atoms with Crippen molar-refractivity contribution in [1.29, 1.82) is 0 Å². The molecule has 2 heterocycles. The second-order valence-corrected chi connectivity index (χ2v) is 8.84. The molecule has 0 radical (unpaired) electrons. The first-order chi connectivity index (χ1) is 16.1. The van der Waals surface area contributed by atoms with E-state index in [2.05, 4.69) is 15.6 Å². The number of epoxide rings is 1. The molecule has 9 heteroatoms. The number of nitrogens with one attached hydrogen (secondary N) is 2. The molecule has 7 nitrogen and oxygen atoms in total. The van der Waals surface area contributed by atoms with Crippen LogP contribution in [0.4, 0.5) is 0 Å². The van der Waals surface area contributed by atoms with Gasteiger partial charge in [0.2, 0.25) is 0 Å². The van der Waals surface area contributed by atoms with Crippen molar-refractivity contribution in [3.8, 4) is 11.1 Å². The van der Waals surface area contributed by atoms with Gasteiger partial charge < -0.3 is 20.9 Å². The minimum Gasteiger partial charge on any atom is -0.395 e. The van der Waals surface area contributed by atoms with Crippen LogP contribution >= 0.6 is 23.4 Å². The number of rotatable bonds is 10. The molecule has 1 amide bonds. The van der Waals surface area contributed by atoms with Crippen LogP contribution in [0, 0.1) is 0 Å². The molecule has 3 aromatic rings. The molecule has 1 unspecified atom stereocenters. The van der Waals surface area contributed by atoms with Crippen LogP contribution in [-0.2, 0) is 17.8 Å². The highest BCUT2D eigenvalue weighted by molar-refractivity contribution is 7.99. The molecule has 2 aromatic carbocycles. The van der Waals surface area contributed by atoms with E-state index in [4.69, 9.17) is 27.2 Å². The maximum absolute atomic E-state index is 12.2. The van der Waals surface area contributed by atoms with Gasteiger partial charge in [0.1, 0.15) is 11.3 Å². The van der Waals surface area contributed by atoms with Crippen molar-refractivity contribution < 1.29 is 14.6 Å². The van der Waals surface area contributed by atoms with Gasteiger partial charge in [-0.2, -0.15) is 0 Å². The number of aromatic nitrogens is 1. The molecule has 1 fully saturated rings. The number of amides is 1. The van der Waals surface area contributed by atoms with Crippen LogP contribution in [0.3, 0.4) is 0 Å². The zero-order valence-corrected chi connectivity index (χ0v) is 19.5. The molecule has 1 aliphatic rings. The number of aliphatic hydroxyl groups excluding tert-OH is 1. The molecular formula is C24H25ClN4O3S. The number of halogens is 1. The second kappa shape index (κ2) is 11.1. The minimum atomic E-state index is -0.222. The summed E-state index contributed by atoms with van der Waals surface area (Å²) in [5.41, 5.74) is 10.4. The van der Waals surface area contributed by atoms with Crippen molar-refractivity contribution in [2.24, 2.45) is 5.73 Å². The van der Waals surface area contributed by atoms with Gasteiger partial charge in [-0.25, -0.2) is 4.98 Å². The van der Waals surface area contributed by atoms with Gasteiger partial charge in [0.25, 0.3) is 5.91 Å². The van der Waals surface area contributed by atoms with Gasteiger partial charge in [-0.15, -0.1) is 0 Å². The molecule has 0 bridgehead atoms. The molecule has 1 aliphatic heterocycles. The van der Waals surface area contributed by atoms with E-state index in [-0.39, 0.29) is 25.3 Å². The summed E-state index contributed by atoms with van der Waals surface area (Å²) >= 11 is 8.17. The Hall–Kier alpha value is -2.46. The summed E-state index contributed by atoms with van der Waals surface area (Å²) in [6.45, 7) is 1.75. The SMILES string of the molecule is NCc1cccnc1Sc1c(Cl)ccc(-c2ccc(C(=O)NCCO)cc2)c1CNC1CO1.